The molecule has 2 saturated heterocycles. The number of carbonyl (C=O) groups excluding carboxylic acids is 1. The zero-order valence-electron chi connectivity index (χ0n) is 19.9. The molecule has 0 bridgehead atoms. The number of guanidine groups is 1. The molecule has 8 heteroatoms. The fourth-order valence-electron chi connectivity index (χ4n) is 4.28. The van der Waals surface area contributed by atoms with Crippen molar-refractivity contribution in [3.05, 3.63) is 0 Å². The summed E-state index contributed by atoms with van der Waals surface area (Å²) in [5, 5.41) is 9.76. The lowest BCUT2D eigenvalue weighted by molar-refractivity contribution is 0.0173. The maximum absolute atomic E-state index is 11.7. The molecular formula is C22H44N6O2. The van der Waals surface area contributed by atoms with Crippen molar-refractivity contribution in [2.24, 2.45) is 4.99 Å². The largest absolute Gasteiger partial charge is 0.444 e. The Kier molecular flexibility index (Phi) is 9.68. The van der Waals surface area contributed by atoms with Gasteiger partial charge in [-0.1, -0.05) is 6.42 Å². The molecule has 0 aromatic rings. The second-order valence-corrected chi connectivity index (χ2v) is 9.71. The monoisotopic (exact) mass is 424 g/mol. The van der Waals surface area contributed by atoms with Crippen LogP contribution < -0.4 is 16.0 Å². The summed E-state index contributed by atoms with van der Waals surface area (Å²) in [4.78, 5) is 21.3. The third-order valence-electron chi connectivity index (χ3n) is 6.07. The Bertz CT molecular complexity index is 546. The molecule has 0 aliphatic carbocycles. The molecule has 0 radical (unpaired) electrons. The van der Waals surface area contributed by atoms with Crippen molar-refractivity contribution in [2.75, 3.05) is 59.9 Å². The highest BCUT2D eigenvalue weighted by molar-refractivity contribution is 5.79. The molecule has 0 unspecified atom stereocenters. The molecule has 0 saturated carbocycles. The van der Waals surface area contributed by atoms with E-state index in [0.717, 1.165) is 38.6 Å². The Morgan fingerprint density at radius 3 is 2.23 bits per heavy atom. The van der Waals surface area contributed by atoms with Crippen LogP contribution in [0.2, 0.25) is 0 Å². The number of hydrogen-bond acceptors (Lipinski definition) is 5. The van der Waals surface area contributed by atoms with E-state index in [4.69, 9.17) is 4.74 Å². The first-order valence-electron chi connectivity index (χ1n) is 11.6. The maximum atomic E-state index is 11.7. The van der Waals surface area contributed by atoms with E-state index >= 15 is 0 Å². The Morgan fingerprint density at radius 2 is 1.63 bits per heavy atom. The number of amides is 1. The Labute approximate surface area is 183 Å². The molecule has 0 spiro atoms. The van der Waals surface area contributed by atoms with Crippen molar-refractivity contribution in [3.63, 3.8) is 0 Å². The number of piperidine rings is 2. The molecule has 2 rings (SSSR count). The minimum atomic E-state index is -0.466. The van der Waals surface area contributed by atoms with Crippen LogP contribution in [-0.2, 0) is 4.74 Å². The number of hydrogen-bond donors (Lipinski definition) is 3. The third-order valence-corrected chi connectivity index (χ3v) is 6.07. The zero-order valence-corrected chi connectivity index (χ0v) is 19.9. The van der Waals surface area contributed by atoms with E-state index in [2.05, 4.69) is 37.8 Å². The van der Waals surface area contributed by atoms with Crippen molar-refractivity contribution >= 4 is 12.1 Å². The van der Waals surface area contributed by atoms with Crippen LogP contribution in [0.1, 0.15) is 59.3 Å². The number of nitrogens with zero attached hydrogens (tertiary/aromatic N) is 3. The first kappa shape index (κ1) is 24.7. The number of rotatable bonds is 7. The van der Waals surface area contributed by atoms with Crippen molar-refractivity contribution in [1.29, 1.82) is 0 Å². The quantitative estimate of drug-likeness (QED) is 0.330. The van der Waals surface area contributed by atoms with E-state index in [1.54, 1.807) is 0 Å². The highest BCUT2D eigenvalue weighted by Crippen LogP contribution is 2.30. The predicted molar refractivity (Wildman–Crippen MR) is 123 cm³/mol. The third kappa shape index (κ3) is 8.30. The van der Waals surface area contributed by atoms with Gasteiger partial charge in [-0.3, -0.25) is 9.89 Å². The van der Waals surface area contributed by atoms with Crippen LogP contribution in [0.3, 0.4) is 0 Å². The van der Waals surface area contributed by atoms with Crippen LogP contribution in [0.15, 0.2) is 4.99 Å². The van der Waals surface area contributed by atoms with Gasteiger partial charge in [0.1, 0.15) is 5.60 Å². The van der Waals surface area contributed by atoms with Gasteiger partial charge in [-0.25, -0.2) is 4.79 Å². The molecule has 2 fully saturated rings. The number of carbonyl (C=O) groups is 1. The van der Waals surface area contributed by atoms with Gasteiger partial charge < -0.3 is 25.6 Å². The highest BCUT2D eigenvalue weighted by atomic mass is 16.6. The molecule has 2 aliphatic heterocycles. The summed E-state index contributed by atoms with van der Waals surface area (Å²) < 4.78 is 5.25. The number of ether oxygens (including phenoxy) is 1. The lowest BCUT2D eigenvalue weighted by Gasteiger charge is -2.50. The van der Waals surface area contributed by atoms with Gasteiger partial charge in [0.15, 0.2) is 5.96 Å². The summed E-state index contributed by atoms with van der Waals surface area (Å²) in [7, 11) is 4.04. The molecule has 8 nitrogen and oxygen atoms in total. The first-order valence-corrected chi connectivity index (χ1v) is 11.6. The zero-order chi connectivity index (χ0) is 22.0. The van der Waals surface area contributed by atoms with Crippen molar-refractivity contribution in [3.8, 4) is 0 Å². The molecule has 3 N–H and O–H groups in total. The summed E-state index contributed by atoms with van der Waals surface area (Å²) >= 11 is 0. The smallest absolute Gasteiger partial charge is 0.407 e. The fraction of sp³-hybridized carbons (Fsp3) is 0.909. The normalized spacial score (nSPS) is 21.2. The molecular weight excluding hydrogens is 380 g/mol. The van der Waals surface area contributed by atoms with Crippen molar-refractivity contribution < 1.29 is 9.53 Å². The standard InChI is InChI=1S/C22H44N6O2/c1-21(2,3)30-20(29)25-13-9-12-24-19(23-4)26-18-22(10-16-27(5)17-11-22)28-14-7-6-8-15-28/h6-18H2,1-5H3,(H,25,29)(H2,23,24,26). The molecule has 0 aromatic carbocycles. The Morgan fingerprint density at radius 1 is 1.00 bits per heavy atom. The van der Waals surface area contributed by atoms with E-state index < -0.39 is 5.60 Å². The van der Waals surface area contributed by atoms with Gasteiger partial charge in [0, 0.05) is 32.2 Å². The fourth-order valence-corrected chi connectivity index (χ4v) is 4.28. The lowest BCUT2D eigenvalue weighted by Crippen LogP contribution is -2.62. The lowest BCUT2D eigenvalue weighted by atomic mass is 9.84. The minimum absolute atomic E-state index is 0.225. The van der Waals surface area contributed by atoms with E-state index in [1.165, 1.54) is 45.2 Å². The summed E-state index contributed by atoms with van der Waals surface area (Å²) in [5.74, 6) is 0.836. The summed E-state index contributed by atoms with van der Waals surface area (Å²) in [6, 6.07) is 0. The van der Waals surface area contributed by atoms with E-state index in [-0.39, 0.29) is 11.6 Å². The minimum Gasteiger partial charge on any atom is -0.444 e. The maximum Gasteiger partial charge on any atom is 0.407 e. The van der Waals surface area contributed by atoms with Crippen LogP contribution in [0.25, 0.3) is 0 Å². The SMILES string of the molecule is CN=C(NCCCNC(=O)OC(C)(C)C)NCC1(N2CCCCC2)CCN(C)CC1. The second-order valence-electron chi connectivity index (χ2n) is 9.71. The molecule has 0 atom stereocenters. The molecule has 30 heavy (non-hydrogen) atoms. The molecule has 2 heterocycles. The topological polar surface area (TPSA) is 81.2 Å². The number of aliphatic imine (C=N–C) groups is 1. The molecule has 0 aromatic heterocycles. The average molecular weight is 425 g/mol. The van der Waals surface area contributed by atoms with Gasteiger partial charge >= 0.3 is 6.09 Å². The Hall–Kier alpha value is -1.54. The van der Waals surface area contributed by atoms with Crippen molar-refractivity contribution in [2.45, 2.75) is 70.4 Å². The first-order chi connectivity index (χ1) is 14.2. The van der Waals surface area contributed by atoms with Crippen LogP contribution in [0.5, 0.6) is 0 Å². The molecule has 174 valence electrons. The average Bonchev–Trinajstić information content (AvgIpc) is 2.71. The highest BCUT2D eigenvalue weighted by Gasteiger charge is 2.39. The summed E-state index contributed by atoms with van der Waals surface area (Å²) in [6.07, 6.45) is 6.84. The van der Waals surface area contributed by atoms with E-state index in [9.17, 15) is 4.79 Å². The van der Waals surface area contributed by atoms with Crippen molar-refractivity contribution in [1.82, 2.24) is 25.8 Å². The van der Waals surface area contributed by atoms with E-state index in [0.29, 0.717) is 6.54 Å². The van der Waals surface area contributed by atoms with Crippen LogP contribution in [0, 0.1) is 0 Å². The summed E-state index contributed by atoms with van der Waals surface area (Å²) in [5.41, 5.74) is -0.241. The molecule has 2 aliphatic rings. The van der Waals surface area contributed by atoms with Crippen LogP contribution in [-0.4, -0.2) is 92.9 Å². The molecule has 1 amide bonds. The number of likely N-dealkylation sites (tertiary alicyclic amines) is 2. The van der Waals surface area contributed by atoms with E-state index in [1.807, 2.05) is 27.8 Å². The van der Waals surface area contributed by atoms with Gasteiger partial charge in [-0.2, -0.15) is 0 Å². The Balaban J connectivity index is 1.75. The van der Waals surface area contributed by atoms with Crippen LogP contribution in [0.4, 0.5) is 4.79 Å². The second kappa shape index (κ2) is 11.7. The van der Waals surface area contributed by atoms with Gasteiger partial charge in [-0.05, 0) is 86.1 Å². The predicted octanol–water partition coefficient (Wildman–Crippen LogP) is 2.02. The van der Waals surface area contributed by atoms with Gasteiger partial charge in [0.2, 0.25) is 0 Å². The number of alkyl carbamates (subject to hydrolysis) is 1. The van der Waals surface area contributed by atoms with Gasteiger partial charge in [0.05, 0.1) is 0 Å². The number of nitrogens with one attached hydrogen (secondary N) is 3. The van der Waals surface area contributed by atoms with Gasteiger partial charge in [0.25, 0.3) is 0 Å². The van der Waals surface area contributed by atoms with Gasteiger partial charge in [-0.15, -0.1) is 0 Å². The summed E-state index contributed by atoms with van der Waals surface area (Å²) in [6.45, 7) is 12.6. The van der Waals surface area contributed by atoms with Crippen LogP contribution >= 0.6 is 0 Å².